The summed E-state index contributed by atoms with van der Waals surface area (Å²) in [4.78, 5) is 5.43. The van der Waals surface area contributed by atoms with Crippen LogP contribution in [0.15, 0.2) is 72.3 Å². The second-order valence-electron chi connectivity index (χ2n) is 16.9. The first kappa shape index (κ1) is 42.8. The van der Waals surface area contributed by atoms with Crippen LogP contribution >= 0.6 is 0 Å². The van der Waals surface area contributed by atoms with E-state index in [9.17, 15) is 0 Å². The van der Waals surface area contributed by atoms with E-state index in [0.717, 1.165) is 51.7 Å². The summed E-state index contributed by atoms with van der Waals surface area (Å²) >= 11 is 0. The number of rotatable bonds is 2. The molecule has 0 amide bonds. The Bertz CT molecular complexity index is 1230. The molecule has 5 aliphatic rings. The van der Waals surface area contributed by atoms with Gasteiger partial charge in [-0.1, -0.05) is 151 Å². The van der Waals surface area contributed by atoms with Crippen LogP contribution < -0.4 is 5.19 Å². The maximum absolute atomic E-state index is 5.43. The predicted molar refractivity (Wildman–Crippen MR) is 212 cm³/mol. The van der Waals surface area contributed by atoms with Crippen LogP contribution in [0.1, 0.15) is 110 Å². The number of piperidine rings is 1. The molecular weight excluding hydrogens is 677 g/mol. The van der Waals surface area contributed by atoms with Crippen LogP contribution in [0.4, 0.5) is 0 Å². The summed E-state index contributed by atoms with van der Waals surface area (Å²) in [7, 11) is -1.89. The van der Waals surface area contributed by atoms with Gasteiger partial charge in [-0.25, -0.2) is 0 Å². The number of nitrogens with zero attached hydrogens (tertiary/aromatic N) is 4. The normalized spacial score (nSPS) is 18.3. The molecule has 0 unspecified atom stereocenters. The fourth-order valence-electron chi connectivity index (χ4n) is 6.96. The summed E-state index contributed by atoms with van der Waals surface area (Å²) in [5.41, 5.74) is 10.4. The van der Waals surface area contributed by atoms with Crippen molar-refractivity contribution in [2.75, 3.05) is 19.6 Å². The van der Waals surface area contributed by atoms with Crippen LogP contribution in [-0.2, 0) is 58.4 Å². The van der Waals surface area contributed by atoms with Gasteiger partial charge in [-0.3, -0.25) is 0 Å². The molecule has 0 bridgehead atoms. The molecule has 0 aromatic heterocycles. The molecule has 1 aromatic carbocycles. The third-order valence-electron chi connectivity index (χ3n) is 9.13. The summed E-state index contributed by atoms with van der Waals surface area (Å²) in [5, 5.41) is 13.6. The molecule has 0 saturated carbocycles. The summed E-state index contributed by atoms with van der Waals surface area (Å²) < 4.78 is 0. The molecular formula is C42H65N4SiY-5. The maximum Gasteiger partial charge on any atom is 0 e. The molecule has 1 fully saturated rings. The molecule has 3 heterocycles. The average Bonchev–Trinajstić information content (AvgIpc) is 3.37. The van der Waals surface area contributed by atoms with Crippen LogP contribution in [0.3, 0.4) is 0 Å². The van der Waals surface area contributed by atoms with Gasteiger partial charge in [0.1, 0.15) is 0 Å². The van der Waals surface area contributed by atoms with E-state index in [1.807, 2.05) is 30.4 Å². The standard InChI is InChI=1S/C27H43NSi.C5H10N.2C5H6N.Y/c1-25(2,3)18-12-14-20-22(16-18)23-17-19(26(4,5)6)13-15-21(23)24(20)29(10,11)28-27(7,8)9;3*1-2-4-6-5-3-1;/h12-13H,14-17H2,1-11H3;1-5H2;2-5H,1H2;1-4H,5H2;/q-2;3*-1;. The molecule has 265 valence electrons. The smallest absolute Gasteiger partial charge is 0 e. The first-order chi connectivity index (χ1) is 22.0. The number of allylic oxidation sites excluding steroid dienone is 8. The molecule has 4 nitrogen and oxygen atoms in total. The van der Waals surface area contributed by atoms with E-state index in [0.29, 0.717) is 0 Å². The molecule has 6 rings (SSSR count). The van der Waals surface area contributed by atoms with Crippen molar-refractivity contribution in [3.63, 3.8) is 0 Å². The average molecular weight is 743 g/mol. The number of hydrogen-bond acceptors (Lipinski definition) is 0. The molecule has 1 saturated heterocycles. The van der Waals surface area contributed by atoms with Crippen molar-refractivity contribution in [2.24, 2.45) is 10.8 Å². The van der Waals surface area contributed by atoms with E-state index in [1.165, 1.54) is 19.3 Å². The van der Waals surface area contributed by atoms with Crippen LogP contribution in [-0.4, -0.2) is 33.4 Å². The topological polar surface area (TPSA) is 56.4 Å². The van der Waals surface area contributed by atoms with Crippen molar-refractivity contribution in [3.05, 3.63) is 115 Å². The zero-order chi connectivity index (χ0) is 34.7. The van der Waals surface area contributed by atoms with E-state index in [4.69, 9.17) is 4.98 Å². The van der Waals surface area contributed by atoms with Gasteiger partial charge in [-0.15, -0.1) is 43.4 Å². The molecule has 3 aliphatic heterocycles. The second-order valence-corrected chi connectivity index (χ2v) is 20.7. The summed E-state index contributed by atoms with van der Waals surface area (Å²) in [6, 6.07) is 0. The van der Waals surface area contributed by atoms with Gasteiger partial charge >= 0.3 is 0 Å². The fraction of sp³-hybridized carbons (Fsp3) is 0.595. The SMILES string of the molecule is C1=CC[N-]C=C1.C1=C[N-]C=CC1.C1CC[N-]CC1.CC(C)(C)[N-][Si](C)(C)[c-]1c2c(c3c1CC=C(C(C)(C)C)C3)CC(C(C)(C)C)=CC2.[Y]. The summed E-state index contributed by atoms with van der Waals surface area (Å²) in [6.45, 7) is 29.1. The Hall–Kier alpha value is -1.37. The van der Waals surface area contributed by atoms with Crippen LogP contribution in [0.5, 0.6) is 0 Å². The third kappa shape index (κ3) is 13.7. The van der Waals surface area contributed by atoms with Crippen LogP contribution in [0.25, 0.3) is 20.9 Å². The molecule has 48 heavy (non-hydrogen) atoms. The monoisotopic (exact) mass is 742 g/mol. The van der Waals surface area contributed by atoms with Gasteiger partial charge in [0, 0.05) is 32.7 Å². The van der Waals surface area contributed by atoms with Gasteiger partial charge in [0.15, 0.2) is 0 Å². The minimum Gasteiger partial charge on any atom is -0.687 e. The van der Waals surface area contributed by atoms with E-state index < -0.39 is 8.24 Å². The zero-order valence-electron chi connectivity index (χ0n) is 32.4. The fourth-order valence-corrected chi connectivity index (χ4v) is 10.7. The molecule has 1 radical (unpaired) electrons. The van der Waals surface area contributed by atoms with Crippen molar-refractivity contribution in [2.45, 2.75) is 132 Å². The van der Waals surface area contributed by atoms with Crippen molar-refractivity contribution < 1.29 is 32.7 Å². The largest absolute Gasteiger partial charge is 0.687 e. The first-order valence-corrected chi connectivity index (χ1v) is 21.0. The van der Waals surface area contributed by atoms with E-state index >= 15 is 0 Å². The first-order valence-electron chi connectivity index (χ1n) is 18.1. The minimum absolute atomic E-state index is 0. The maximum atomic E-state index is 5.43. The van der Waals surface area contributed by atoms with Gasteiger partial charge in [-0.2, -0.15) is 46.0 Å². The third-order valence-corrected chi connectivity index (χ3v) is 12.2. The van der Waals surface area contributed by atoms with Crippen molar-refractivity contribution >= 4 is 13.4 Å². The van der Waals surface area contributed by atoms with E-state index in [-0.39, 0.29) is 49.1 Å². The Kier molecular flexibility index (Phi) is 17.2. The second kappa shape index (κ2) is 19.3. The zero-order valence-corrected chi connectivity index (χ0v) is 36.3. The van der Waals surface area contributed by atoms with E-state index in [1.54, 1.807) is 57.2 Å². The Morgan fingerprint density at radius 1 is 0.688 bits per heavy atom. The Labute approximate surface area is 322 Å². The van der Waals surface area contributed by atoms with Crippen LogP contribution in [0.2, 0.25) is 13.1 Å². The quantitative estimate of drug-likeness (QED) is 0.165. The van der Waals surface area contributed by atoms with Crippen molar-refractivity contribution in [1.82, 2.24) is 0 Å². The van der Waals surface area contributed by atoms with Gasteiger partial charge in [0.05, 0.1) is 0 Å². The Morgan fingerprint density at radius 2 is 1.21 bits per heavy atom. The predicted octanol–water partition coefficient (Wildman–Crippen LogP) is 11.9. The van der Waals surface area contributed by atoms with Gasteiger partial charge in [0.25, 0.3) is 0 Å². The molecule has 2 aliphatic carbocycles. The van der Waals surface area contributed by atoms with Crippen LogP contribution in [0, 0.1) is 10.8 Å². The Balaban J connectivity index is 0.000000336. The molecule has 0 atom stereocenters. The van der Waals surface area contributed by atoms with E-state index in [2.05, 4.69) is 104 Å². The minimum atomic E-state index is -1.89. The number of hydrogen-bond donors (Lipinski definition) is 0. The molecule has 6 heteroatoms. The molecule has 1 aromatic rings. The summed E-state index contributed by atoms with van der Waals surface area (Å²) in [6.07, 6.45) is 30.0. The van der Waals surface area contributed by atoms with Gasteiger partial charge in [-0.05, 0) is 30.1 Å². The van der Waals surface area contributed by atoms with Crippen molar-refractivity contribution in [1.29, 1.82) is 0 Å². The number of fused-ring (bicyclic) bond motifs is 3. The van der Waals surface area contributed by atoms with Gasteiger partial charge in [0.2, 0.25) is 0 Å². The van der Waals surface area contributed by atoms with Gasteiger partial charge < -0.3 is 20.9 Å². The van der Waals surface area contributed by atoms with Crippen molar-refractivity contribution in [3.8, 4) is 0 Å². The molecule has 0 spiro atoms. The molecule has 0 N–H and O–H groups in total. The summed E-state index contributed by atoms with van der Waals surface area (Å²) in [5.74, 6) is 0. The Morgan fingerprint density at radius 3 is 1.46 bits per heavy atom.